The second-order valence-electron chi connectivity index (χ2n) is 4.55. The molecule has 0 spiro atoms. The average Bonchev–Trinajstić information content (AvgIpc) is 2.40. The minimum absolute atomic E-state index is 0. The van der Waals surface area contributed by atoms with E-state index in [0.29, 0.717) is 11.3 Å². The summed E-state index contributed by atoms with van der Waals surface area (Å²) in [6, 6.07) is 7.93. The molecule has 3 nitrogen and oxygen atoms in total. The number of fused-ring (bicyclic) bond motifs is 1. The molecule has 1 aromatic carbocycles. The van der Waals surface area contributed by atoms with Gasteiger partial charge in [0, 0.05) is 11.6 Å². The second kappa shape index (κ2) is 6.42. The van der Waals surface area contributed by atoms with Crippen LogP contribution in [0.1, 0.15) is 12.8 Å². The highest BCUT2D eigenvalue weighted by Crippen LogP contribution is 2.26. The summed E-state index contributed by atoms with van der Waals surface area (Å²) in [6.45, 7) is 2.07. The van der Waals surface area contributed by atoms with Crippen molar-refractivity contribution in [2.75, 3.05) is 13.1 Å². The molecule has 1 saturated heterocycles. The summed E-state index contributed by atoms with van der Waals surface area (Å²) in [5, 5.41) is 5.91. The Hall–Kier alpha value is -1.03. The lowest BCUT2D eigenvalue weighted by Crippen LogP contribution is -2.34. The lowest BCUT2D eigenvalue weighted by atomic mass is 10.1. The first-order chi connectivity index (χ1) is 8.83. The number of hydrogen-bond acceptors (Lipinski definition) is 3. The molecule has 2 heterocycles. The van der Waals surface area contributed by atoms with Crippen molar-refractivity contribution in [3.8, 4) is 5.75 Å². The van der Waals surface area contributed by atoms with E-state index in [9.17, 15) is 0 Å². The number of benzene rings is 1. The van der Waals surface area contributed by atoms with Crippen LogP contribution in [0.5, 0.6) is 5.75 Å². The Balaban J connectivity index is 0.00000133. The van der Waals surface area contributed by atoms with Crippen LogP contribution in [0.15, 0.2) is 30.5 Å². The van der Waals surface area contributed by atoms with Gasteiger partial charge >= 0.3 is 0 Å². The summed E-state index contributed by atoms with van der Waals surface area (Å²) < 4.78 is 6.00. The maximum Gasteiger partial charge on any atom is 0.136 e. The first-order valence-corrected chi connectivity index (χ1v) is 6.62. The van der Waals surface area contributed by atoms with E-state index in [4.69, 9.17) is 16.3 Å². The Morgan fingerprint density at radius 1 is 1.21 bits per heavy atom. The molecule has 19 heavy (non-hydrogen) atoms. The van der Waals surface area contributed by atoms with Crippen molar-refractivity contribution >= 4 is 34.8 Å². The second-order valence-corrected chi connectivity index (χ2v) is 4.91. The Morgan fingerprint density at radius 2 is 2.00 bits per heavy atom. The molecule has 0 atom stereocenters. The zero-order valence-corrected chi connectivity index (χ0v) is 12.0. The third-order valence-corrected chi connectivity index (χ3v) is 3.58. The normalized spacial score (nSPS) is 16.1. The molecule has 1 aromatic heterocycles. The van der Waals surface area contributed by atoms with Gasteiger partial charge in [0.15, 0.2) is 0 Å². The Kier molecular flexibility index (Phi) is 4.86. The van der Waals surface area contributed by atoms with Crippen LogP contribution in [0, 0.1) is 0 Å². The van der Waals surface area contributed by atoms with Gasteiger partial charge in [0.25, 0.3) is 0 Å². The van der Waals surface area contributed by atoms with Crippen molar-refractivity contribution in [3.63, 3.8) is 0 Å². The van der Waals surface area contributed by atoms with Crippen molar-refractivity contribution in [1.29, 1.82) is 0 Å². The molecule has 0 radical (unpaired) electrons. The zero-order chi connectivity index (χ0) is 12.4. The third-order valence-electron chi connectivity index (χ3n) is 3.28. The van der Waals surface area contributed by atoms with Crippen LogP contribution < -0.4 is 10.1 Å². The first-order valence-electron chi connectivity index (χ1n) is 6.24. The Bertz CT molecular complexity index is 556. The molecular formula is C14H16Cl2N2O. The predicted molar refractivity (Wildman–Crippen MR) is 80.5 cm³/mol. The molecule has 2 aromatic rings. The van der Waals surface area contributed by atoms with Crippen molar-refractivity contribution in [3.05, 3.63) is 35.6 Å². The molecule has 3 rings (SSSR count). The highest BCUT2D eigenvalue weighted by molar-refractivity contribution is 6.34. The molecule has 0 saturated carbocycles. The molecule has 102 valence electrons. The van der Waals surface area contributed by atoms with Gasteiger partial charge in [-0.05, 0) is 55.6 Å². The van der Waals surface area contributed by atoms with E-state index in [1.54, 1.807) is 6.20 Å². The van der Waals surface area contributed by atoms with E-state index in [-0.39, 0.29) is 12.4 Å². The summed E-state index contributed by atoms with van der Waals surface area (Å²) in [5.41, 5.74) is 0. The monoisotopic (exact) mass is 298 g/mol. The van der Waals surface area contributed by atoms with Gasteiger partial charge in [-0.15, -0.1) is 12.4 Å². The standard InChI is InChI=1S/C14H15ClN2O.ClH/c15-14-13-2-1-12(9-10(13)3-8-17-14)18-11-4-6-16-7-5-11;/h1-3,8-9,11,16H,4-7H2;1H. The van der Waals surface area contributed by atoms with E-state index < -0.39 is 0 Å². The summed E-state index contributed by atoms with van der Waals surface area (Å²) in [6.07, 6.45) is 4.17. The number of piperidine rings is 1. The van der Waals surface area contributed by atoms with Crippen LogP contribution >= 0.6 is 24.0 Å². The quantitative estimate of drug-likeness (QED) is 0.863. The van der Waals surface area contributed by atoms with Crippen LogP contribution in [0.3, 0.4) is 0 Å². The summed E-state index contributed by atoms with van der Waals surface area (Å²) >= 11 is 6.04. The zero-order valence-electron chi connectivity index (χ0n) is 10.4. The van der Waals surface area contributed by atoms with Crippen molar-refractivity contribution in [2.45, 2.75) is 18.9 Å². The molecule has 0 amide bonds. The van der Waals surface area contributed by atoms with Gasteiger partial charge in [0.1, 0.15) is 17.0 Å². The largest absolute Gasteiger partial charge is 0.490 e. The summed E-state index contributed by atoms with van der Waals surface area (Å²) in [5.74, 6) is 0.914. The molecule has 1 fully saturated rings. The fourth-order valence-electron chi connectivity index (χ4n) is 2.30. The number of ether oxygens (including phenoxy) is 1. The maximum absolute atomic E-state index is 6.04. The van der Waals surface area contributed by atoms with Crippen LogP contribution in [0.25, 0.3) is 10.8 Å². The Morgan fingerprint density at radius 3 is 2.79 bits per heavy atom. The number of aromatic nitrogens is 1. The number of rotatable bonds is 2. The minimum atomic E-state index is 0. The highest BCUT2D eigenvalue weighted by Gasteiger charge is 2.14. The van der Waals surface area contributed by atoms with Gasteiger partial charge < -0.3 is 10.1 Å². The van der Waals surface area contributed by atoms with E-state index in [2.05, 4.69) is 10.3 Å². The van der Waals surface area contributed by atoms with Gasteiger partial charge in [-0.2, -0.15) is 0 Å². The fourth-order valence-corrected chi connectivity index (χ4v) is 2.53. The van der Waals surface area contributed by atoms with Gasteiger partial charge in [-0.1, -0.05) is 11.6 Å². The minimum Gasteiger partial charge on any atom is -0.490 e. The van der Waals surface area contributed by atoms with Gasteiger partial charge in [-0.25, -0.2) is 4.98 Å². The van der Waals surface area contributed by atoms with Crippen LogP contribution in [-0.2, 0) is 0 Å². The molecule has 0 aliphatic carbocycles. The van der Waals surface area contributed by atoms with Crippen LogP contribution in [-0.4, -0.2) is 24.2 Å². The van der Waals surface area contributed by atoms with E-state index in [1.807, 2.05) is 24.3 Å². The molecule has 1 aliphatic heterocycles. The van der Waals surface area contributed by atoms with Crippen LogP contribution in [0.2, 0.25) is 5.15 Å². The number of halogens is 2. The van der Waals surface area contributed by atoms with Crippen molar-refractivity contribution < 1.29 is 4.74 Å². The SMILES string of the molecule is Cl.Clc1nccc2cc(OC3CCNCC3)ccc12. The fraction of sp³-hybridized carbons (Fsp3) is 0.357. The molecule has 0 unspecified atom stereocenters. The summed E-state index contributed by atoms with van der Waals surface area (Å²) in [4.78, 5) is 4.07. The molecule has 0 bridgehead atoms. The third kappa shape index (κ3) is 3.30. The summed E-state index contributed by atoms with van der Waals surface area (Å²) in [7, 11) is 0. The number of nitrogens with one attached hydrogen (secondary N) is 1. The number of pyridine rings is 1. The predicted octanol–water partition coefficient (Wildman–Crippen LogP) is 3.44. The molecule has 1 N–H and O–H groups in total. The van der Waals surface area contributed by atoms with Gasteiger partial charge in [0.2, 0.25) is 0 Å². The lowest BCUT2D eigenvalue weighted by molar-refractivity contribution is 0.162. The van der Waals surface area contributed by atoms with E-state index >= 15 is 0 Å². The topological polar surface area (TPSA) is 34.1 Å². The number of hydrogen-bond donors (Lipinski definition) is 1. The van der Waals surface area contributed by atoms with E-state index in [0.717, 1.165) is 42.5 Å². The first kappa shape index (κ1) is 14.4. The van der Waals surface area contributed by atoms with Gasteiger partial charge in [-0.3, -0.25) is 0 Å². The molecule has 5 heteroatoms. The Labute approximate surface area is 123 Å². The smallest absolute Gasteiger partial charge is 0.136 e. The highest BCUT2D eigenvalue weighted by atomic mass is 35.5. The molecular weight excluding hydrogens is 283 g/mol. The molecule has 1 aliphatic rings. The van der Waals surface area contributed by atoms with E-state index in [1.165, 1.54) is 0 Å². The van der Waals surface area contributed by atoms with Gasteiger partial charge in [0.05, 0.1) is 0 Å². The van der Waals surface area contributed by atoms with Crippen molar-refractivity contribution in [2.24, 2.45) is 0 Å². The lowest BCUT2D eigenvalue weighted by Gasteiger charge is -2.23. The van der Waals surface area contributed by atoms with Crippen molar-refractivity contribution in [1.82, 2.24) is 10.3 Å². The van der Waals surface area contributed by atoms with Crippen LogP contribution in [0.4, 0.5) is 0 Å². The number of nitrogens with zero attached hydrogens (tertiary/aromatic N) is 1. The average molecular weight is 299 g/mol. The maximum atomic E-state index is 6.04.